The lowest BCUT2D eigenvalue weighted by Crippen LogP contribution is -2.39. The van der Waals surface area contributed by atoms with Crippen molar-refractivity contribution in [3.05, 3.63) is 71.2 Å². The van der Waals surface area contributed by atoms with Gasteiger partial charge in [0.2, 0.25) is 6.41 Å². The first kappa shape index (κ1) is 28.8. The largest absolute Gasteiger partial charge is 0.489 e. The number of piperidine rings is 2. The van der Waals surface area contributed by atoms with Gasteiger partial charge in [0.15, 0.2) is 0 Å². The molecule has 3 aliphatic heterocycles. The number of amides is 1. The van der Waals surface area contributed by atoms with Gasteiger partial charge in [-0.25, -0.2) is 15.0 Å². The summed E-state index contributed by atoms with van der Waals surface area (Å²) in [4.78, 5) is 28.1. The molecule has 8 nitrogen and oxygen atoms in total. The average Bonchev–Trinajstić information content (AvgIpc) is 3.46. The van der Waals surface area contributed by atoms with Gasteiger partial charge in [-0.3, -0.25) is 9.69 Å². The maximum atomic E-state index is 12.7. The van der Waals surface area contributed by atoms with E-state index in [9.17, 15) is 23.2 Å². The fourth-order valence-electron chi connectivity index (χ4n) is 6.14. The summed E-state index contributed by atoms with van der Waals surface area (Å²) in [5.74, 6) is 0.751. The van der Waals surface area contributed by atoms with E-state index in [0.29, 0.717) is 81.0 Å². The number of nitrogens with zero attached hydrogens (tertiary/aromatic N) is 6. The number of rotatable bonds is 7. The van der Waals surface area contributed by atoms with E-state index >= 15 is 0 Å². The molecule has 3 aromatic rings. The third-order valence-corrected chi connectivity index (χ3v) is 8.48. The second-order valence-electron chi connectivity index (χ2n) is 11.3. The van der Waals surface area contributed by atoms with Crippen molar-refractivity contribution in [1.29, 1.82) is 5.26 Å². The van der Waals surface area contributed by atoms with Crippen LogP contribution in [0.2, 0.25) is 0 Å². The Morgan fingerprint density at radius 3 is 2.37 bits per heavy atom. The molecule has 2 saturated heterocycles. The van der Waals surface area contributed by atoms with Crippen LogP contribution in [-0.4, -0.2) is 76.9 Å². The predicted molar refractivity (Wildman–Crippen MR) is 154 cm³/mol. The van der Waals surface area contributed by atoms with E-state index in [1.165, 1.54) is 11.2 Å². The number of aliphatic imine (C=N–C) groups is 1. The molecule has 2 aromatic carbocycles. The second-order valence-corrected chi connectivity index (χ2v) is 11.3. The lowest BCUT2D eigenvalue weighted by Gasteiger charge is -2.32. The summed E-state index contributed by atoms with van der Waals surface area (Å²) in [6.07, 6.45) is 1.53. The number of hydrogen-bond acceptors (Lipinski definition) is 7. The highest BCUT2D eigenvalue weighted by atomic mass is 19.4. The molecule has 0 bridgehead atoms. The summed E-state index contributed by atoms with van der Waals surface area (Å²) in [6.45, 7) is 1.31. The van der Waals surface area contributed by atoms with E-state index in [1.54, 1.807) is 17.0 Å². The molecule has 3 aliphatic rings. The molecule has 1 aromatic heterocycles. The minimum absolute atomic E-state index is 0.0572. The maximum absolute atomic E-state index is 12.7. The van der Waals surface area contributed by atoms with Crippen LogP contribution in [0.15, 0.2) is 53.8 Å². The van der Waals surface area contributed by atoms with Crippen molar-refractivity contribution in [3.63, 3.8) is 0 Å². The Morgan fingerprint density at radius 1 is 0.977 bits per heavy atom. The highest BCUT2D eigenvalue weighted by Gasteiger charge is 2.33. The molecule has 43 heavy (non-hydrogen) atoms. The molecular weight excluding hydrogens is 557 g/mol. The Kier molecular flexibility index (Phi) is 8.13. The zero-order chi connectivity index (χ0) is 30.0. The highest BCUT2D eigenvalue weighted by molar-refractivity contribution is 6.07. The van der Waals surface area contributed by atoms with Crippen molar-refractivity contribution in [3.8, 4) is 23.1 Å². The standard InChI is InChI=1S/C32H31F3N6O2/c33-32(34,35)18-40-11-7-22(8-12-40)21-1-3-23(4-2-21)27-16-28-31(39-27)30(38-19-37-28)24-5-6-29(25(15-24)17-36)43-26-9-13-41(20-42)14-10-26/h1-6,15,19-20,22,26H,7-14,16,18H2. The van der Waals surface area contributed by atoms with Crippen LogP contribution in [0, 0.1) is 11.3 Å². The van der Waals surface area contributed by atoms with E-state index in [0.717, 1.165) is 34.5 Å². The minimum atomic E-state index is -4.16. The fraction of sp³-hybridized carbons (Fsp3) is 0.406. The van der Waals surface area contributed by atoms with E-state index in [1.807, 2.05) is 18.2 Å². The zero-order valence-electron chi connectivity index (χ0n) is 23.6. The Bertz CT molecular complexity index is 1550. The summed E-state index contributed by atoms with van der Waals surface area (Å²) in [5.41, 5.74) is 6.24. The number of aromatic nitrogens is 2. The Labute approximate surface area is 247 Å². The number of benzene rings is 2. The molecule has 0 N–H and O–H groups in total. The van der Waals surface area contributed by atoms with Gasteiger partial charge >= 0.3 is 6.18 Å². The van der Waals surface area contributed by atoms with Gasteiger partial charge in [-0.1, -0.05) is 24.3 Å². The molecular formula is C32H31F3N6O2. The maximum Gasteiger partial charge on any atom is 0.401 e. The monoisotopic (exact) mass is 588 g/mol. The fourth-order valence-corrected chi connectivity index (χ4v) is 6.14. The normalized spacial score (nSPS) is 18.2. The molecule has 0 spiro atoms. The molecule has 4 heterocycles. The van der Waals surface area contributed by atoms with Crippen LogP contribution >= 0.6 is 0 Å². The topological polar surface area (TPSA) is 94.7 Å². The van der Waals surface area contributed by atoms with Crippen molar-refractivity contribution in [2.75, 3.05) is 32.7 Å². The summed E-state index contributed by atoms with van der Waals surface area (Å²) in [5, 5.41) is 9.87. The van der Waals surface area contributed by atoms with Gasteiger partial charge in [-0.15, -0.1) is 0 Å². The molecule has 0 radical (unpaired) electrons. The number of carbonyl (C=O) groups excluding carboxylic acids is 1. The minimum Gasteiger partial charge on any atom is -0.489 e. The predicted octanol–water partition coefficient (Wildman–Crippen LogP) is 5.43. The van der Waals surface area contributed by atoms with Crippen LogP contribution in [0.4, 0.5) is 18.9 Å². The number of ether oxygens (including phenoxy) is 1. The lowest BCUT2D eigenvalue weighted by atomic mass is 9.88. The summed E-state index contributed by atoms with van der Waals surface area (Å²) in [6, 6.07) is 15.8. The van der Waals surface area contributed by atoms with Crippen LogP contribution in [-0.2, 0) is 11.2 Å². The van der Waals surface area contributed by atoms with Crippen molar-refractivity contribution in [1.82, 2.24) is 19.8 Å². The van der Waals surface area contributed by atoms with Gasteiger partial charge in [0.05, 0.1) is 29.2 Å². The van der Waals surface area contributed by atoms with E-state index in [4.69, 9.17) is 9.73 Å². The molecule has 1 amide bonds. The number of carbonyl (C=O) groups is 1. The van der Waals surface area contributed by atoms with Crippen LogP contribution < -0.4 is 4.74 Å². The molecule has 222 valence electrons. The van der Waals surface area contributed by atoms with Crippen molar-refractivity contribution in [2.45, 2.75) is 50.3 Å². The van der Waals surface area contributed by atoms with Crippen molar-refractivity contribution < 1.29 is 22.7 Å². The van der Waals surface area contributed by atoms with Crippen LogP contribution in [0.5, 0.6) is 5.75 Å². The summed E-state index contributed by atoms with van der Waals surface area (Å²) >= 11 is 0. The molecule has 0 atom stereocenters. The number of likely N-dealkylation sites (tertiary alicyclic amines) is 2. The Morgan fingerprint density at radius 2 is 1.70 bits per heavy atom. The Hall–Kier alpha value is -4.30. The van der Waals surface area contributed by atoms with Gasteiger partial charge in [-0.05, 0) is 61.2 Å². The van der Waals surface area contributed by atoms with Crippen LogP contribution in [0.25, 0.3) is 11.3 Å². The molecule has 6 rings (SSSR count). The van der Waals surface area contributed by atoms with Gasteiger partial charge in [0.25, 0.3) is 0 Å². The van der Waals surface area contributed by atoms with Crippen molar-refractivity contribution in [2.24, 2.45) is 4.99 Å². The first-order valence-electron chi connectivity index (χ1n) is 14.5. The van der Waals surface area contributed by atoms with Crippen LogP contribution in [0.3, 0.4) is 0 Å². The summed E-state index contributed by atoms with van der Waals surface area (Å²) in [7, 11) is 0. The van der Waals surface area contributed by atoms with Crippen LogP contribution in [0.1, 0.15) is 54.0 Å². The van der Waals surface area contributed by atoms with Crippen molar-refractivity contribution >= 4 is 17.8 Å². The second kappa shape index (κ2) is 12.1. The smallest absolute Gasteiger partial charge is 0.401 e. The lowest BCUT2D eigenvalue weighted by molar-refractivity contribution is -0.147. The van der Waals surface area contributed by atoms with Gasteiger partial charge in [0, 0.05) is 37.9 Å². The molecule has 0 aliphatic carbocycles. The first-order valence-corrected chi connectivity index (χ1v) is 14.5. The number of halogens is 3. The molecule has 0 unspecified atom stereocenters. The zero-order valence-corrected chi connectivity index (χ0v) is 23.6. The van der Waals surface area contributed by atoms with Gasteiger partial charge in [0.1, 0.15) is 29.9 Å². The molecule has 11 heteroatoms. The SMILES string of the molecule is N#Cc1cc(-c2ncnc3c2N=C(c2ccc(C4CCN(CC(F)(F)F)CC4)cc2)C3)ccc1OC1CCN(C=O)CC1. The third-order valence-electron chi connectivity index (χ3n) is 8.48. The molecule has 0 saturated carbocycles. The van der Waals surface area contributed by atoms with E-state index in [2.05, 4.69) is 28.2 Å². The number of hydrogen-bond donors (Lipinski definition) is 0. The number of nitriles is 1. The number of fused-ring (bicyclic) bond motifs is 1. The van der Waals surface area contributed by atoms with Gasteiger partial charge in [-0.2, -0.15) is 18.4 Å². The quantitative estimate of drug-likeness (QED) is 0.342. The Balaban J connectivity index is 1.15. The van der Waals surface area contributed by atoms with E-state index < -0.39 is 12.7 Å². The molecule has 2 fully saturated rings. The van der Waals surface area contributed by atoms with Gasteiger partial charge < -0.3 is 9.64 Å². The first-order chi connectivity index (χ1) is 20.8. The average molecular weight is 589 g/mol. The van der Waals surface area contributed by atoms with E-state index in [-0.39, 0.29) is 12.0 Å². The summed E-state index contributed by atoms with van der Waals surface area (Å²) < 4.78 is 44.3. The third kappa shape index (κ3) is 6.54. The number of alkyl halides is 3. The highest BCUT2D eigenvalue weighted by Crippen LogP contribution is 2.38.